The zero-order valence-electron chi connectivity index (χ0n) is 18.2. The fourth-order valence-corrected chi connectivity index (χ4v) is 3.66. The highest BCUT2D eigenvalue weighted by molar-refractivity contribution is 9.10. The molecule has 0 aliphatic carbocycles. The molecule has 0 bridgehead atoms. The van der Waals surface area contributed by atoms with Crippen LogP contribution in [0, 0.1) is 21.4 Å². The van der Waals surface area contributed by atoms with Gasteiger partial charge in [-0.05, 0) is 75.8 Å². The second-order valence-electron chi connectivity index (χ2n) is 7.42. The predicted molar refractivity (Wildman–Crippen MR) is 133 cm³/mol. The Morgan fingerprint density at radius 3 is 2.47 bits per heavy atom. The monoisotopic (exact) mass is 519 g/mol. The third-order valence-corrected chi connectivity index (χ3v) is 5.56. The van der Waals surface area contributed by atoms with Gasteiger partial charge in [0.1, 0.15) is 24.0 Å². The SMILES string of the molecule is N#C/C(=C/c1ccc(OCc2ccc([N+](=O)[O-])cc2)c(Br)c1)C(=O)NCCCc1ccccc1. The summed E-state index contributed by atoms with van der Waals surface area (Å²) >= 11 is 3.45. The minimum atomic E-state index is -0.450. The largest absolute Gasteiger partial charge is 0.488 e. The molecule has 7 nitrogen and oxygen atoms in total. The zero-order valence-corrected chi connectivity index (χ0v) is 19.8. The predicted octanol–water partition coefficient (Wildman–Crippen LogP) is 5.59. The van der Waals surface area contributed by atoms with Gasteiger partial charge in [0, 0.05) is 18.7 Å². The number of halogens is 1. The Morgan fingerprint density at radius 1 is 1.09 bits per heavy atom. The van der Waals surface area contributed by atoms with Crippen molar-refractivity contribution in [2.75, 3.05) is 6.54 Å². The molecule has 0 fully saturated rings. The number of nitrogens with zero attached hydrogens (tertiary/aromatic N) is 2. The van der Waals surface area contributed by atoms with E-state index in [0.717, 1.165) is 18.4 Å². The van der Waals surface area contributed by atoms with E-state index in [-0.39, 0.29) is 17.9 Å². The standard InChI is InChI=1S/C26H22BrN3O4/c27-24-16-21(10-13-25(24)34-18-20-8-11-23(12-9-20)30(32)33)15-22(17-28)26(31)29-14-4-7-19-5-2-1-3-6-19/h1-3,5-6,8-13,15-16H,4,7,14,18H2,(H,29,31)/b22-15-. The summed E-state index contributed by atoms with van der Waals surface area (Å²) in [6.45, 7) is 0.715. The quantitative estimate of drug-likeness (QED) is 0.123. The van der Waals surface area contributed by atoms with Gasteiger partial charge in [-0.25, -0.2) is 0 Å². The Kier molecular flexibility index (Phi) is 8.95. The maximum atomic E-state index is 12.4. The molecule has 34 heavy (non-hydrogen) atoms. The third-order valence-electron chi connectivity index (χ3n) is 4.94. The number of nitro benzene ring substituents is 1. The van der Waals surface area contributed by atoms with Gasteiger partial charge in [-0.2, -0.15) is 5.26 Å². The molecule has 0 heterocycles. The van der Waals surface area contributed by atoms with E-state index in [1.165, 1.54) is 23.8 Å². The van der Waals surface area contributed by atoms with Crippen molar-refractivity contribution in [3.63, 3.8) is 0 Å². The van der Waals surface area contributed by atoms with Crippen LogP contribution in [0.2, 0.25) is 0 Å². The first-order chi connectivity index (χ1) is 16.5. The summed E-state index contributed by atoms with van der Waals surface area (Å²) in [5, 5.41) is 23.0. The average Bonchev–Trinajstić information content (AvgIpc) is 2.85. The second-order valence-corrected chi connectivity index (χ2v) is 8.27. The van der Waals surface area contributed by atoms with Crippen LogP contribution in [0.15, 0.2) is 82.8 Å². The number of nitriles is 1. The lowest BCUT2D eigenvalue weighted by atomic mass is 10.1. The van der Waals surface area contributed by atoms with Crippen molar-refractivity contribution in [2.24, 2.45) is 0 Å². The lowest BCUT2D eigenvalue weighted by Crippen LogP contribution is -2.25. The van der Waals surface area contributed by atoms with Crippen LogP contribution in [0.5, 0.6) is 5.75 Å². The van der Waals surface area contributed by atoms with E-state index in [1.54, 1.807) is 30.3 Å². The van der Waals surface area contributed by atoms with Crippen molar-refractivity contribution in [3.8, 4) is 11.8 Å². The number of ether oxygens (including phenoxy) is 1. The number of nitro groups is 1. The number of amides is 1. The van der Waals surface area contributed by atoms with Crippen LogP contribution in [0.4, 0.5) is 5.69 Å². The first kappa shape index (κ1) is 24.7. The minimum absolute atomic E-state index is 0.0196. The van der Waals surface area contributed by atoms with Crippen molar-refractivity contribution in [1.29, 1.82) is 5.26 Å². The summed E-state index contributed by atoms with van der Waals surface area (Å²) in [5.41, 5.74) is 2.71. The molecule has 0 radical (unpaired) electrons. The first-order valence-electron chi connectivity index (χ1n) is 10.6. The van der Waals surface area contributed by atoms with Crippen LogP contribution < -0.4 is 10.1 Å². The van der Waals surface area contributed by atoms with E-state index >= 15 is 0 Å². The number of benzene rings is 3. The molecule has 1 amide bonds. The number of hydrogen-bond acceptors (Lipinski definition) is 5. The van der Waals surface area contributed by atoms with Gasteiger partial charge in [0.15, 0.2) is 0 Å². The molecular formula is C26H22BrN3O4. The molecule has 0 aliphatic heterocycles. The minimum Gasteiger partial charge on any atom is -0.488 e. The van der Waals surface area contributed by atoms with E-state index < -0.39 is 10.8 Å². The highest BCUT2D eigenvalue weighted by atomic mass is 79.9. The van der Waals surface area contributed by atoms with E-state index in [0.29, 0.717) is 22.3 Å². The van der Waals surface area contributed by atoms with E-state index in [9.17, 15) is 20.2 Å². The second kappa shape index (κ2) is 12.3. The summed E-state index contributed by atoms with van der Waals surface area (Å²) in [6, 6.07) is 23.3. The molecule has 0 saturated heterocycles. The molecule has 3 aromatic rings. The van der Waals surface area contributed by atoms with Gasteiger partial charge in [-0.15, -0.1) is 0 Å². The van der Waals surface area contributed by atoms with Gasteiger partial charge in [-0.1, -0.05) is 36.4 Å². The number of nitrogens with one attached hydrogen (secondary N) is 1. The maximum Gasteiger partial charge on any atom is 0.269 e. The van der Waals surface area contributed by atoms with Gasteiger partial charge < -0.3 is 10.1 Å². The number of non-ortho nitro benzene ring substituents is 1. The van der Waals surface area contributed by atoms with E-state index in [2.05, 4.69) is 21.2 Å². The molecular weight excluding hydrogens is 498 g/mol. The summed E-state index contributed by atoms with van der Waals surface area (Å²) in [6.07, 6.45) is 3.15. The van der Waals surface area contributed by atoms with E-state index in [1.807, 2.05) is 36.4 Å². The molecule has 0 saturated carbocycles. The van der Waals surface area contributed by atoms with Crippen LogP contribution in [0.3, 0.4) is 0 Å². The fourth-order valence-electron chi connectivity index (χ4n) is 3.15. The molecule has 0 spiro atoms. The topological polar surface area (TPSA) is 105 Å². The molecule has 172 valence electrons. The molecule has 8 heteroatoms. The Morgan fingerprint density at radius 2 is 1.82 bits per heavy atom. The van der Waals surface area contributed by atoms with Gasteiger partial charge in [-0.3, -0.25) is 14.9 Å². The molecule has 1 N–H and O–H groups in total. The third kappa shape index (κ3) is 7.29. The summed E-state index contributed by atoms with van der Waals surface area (Å²) < 4.78 is 6.43. The summed E-state index contributed by atoms with van der Waals surface area (Å²) in [4.78, 5) is 22.7. The summed E-state index contributed by atoms with van der Waals surface area (Å²) in [7, 11) is 0. The van der Waals surface area contributed by atoms with Crippen LogP contribution in [-0.2, 0) is 17.8 Å². The first-order valence-corrected chi connectivity index (χ1v) is 11.3. The number of rotatable bonds is 10. The van der Waals surface area contributed by atoms with Crippen LogP contribution >= 0.6 is 15.9 Å². The Labute approximate surface area is 206 Å². The van der Waals surface area contributed by atoms with Gasteiger partial charge in [0.05, 0.1) is 9.40 Å². The maximum absolute atomic E-state index is 12.4. The molecule has 0 aliphatic rings. The van der Waals surface area contributed by atoms with Crippen LogP contribution in [-0.4, -0.2) is 17.4 Å². The number of aryl methyl sites for hydroxylation is 1. The molecule has 3 rings (SSSR count). The Bertz CT molecular complexity index is 1220. The summed E-state index contributed by atoms with van der Waals surface area (Å²) in [5.74, 6) is 0.157. The van der Waals surface area contributed by atoms with Gasteiger partial charge in [0.2, 0.25) is 0 Å². The molecule has 0 aromatic heterocycles. The van der Waals surface area contributed by atoms with Crippen LogP contribution in [0.25, 0.3) is 6.08 Å². The average molecular weight is 520 g/mol. The lowest BCUT2D eigenvalue weighted by Gasteiger charge is -2.09. The normalized spacial score (nSPS) is 10.9. The molecule has 0 unspecified atom stereocenters. The fraction of sp³-hybridized carbons (Fsp3) is 0.154. The van der Waals surface area contributed by atoms with Crippen molar-refractivity contribution in [3.05, 3.63) is 110 Å². The number of carbonyl (C=O) groups excluding carboxylic acids is 1. The highest BCUT2D eigenvalue weighted by Crippen LogP contribution is 2.28. The lowest BCUT2D eigenvalue weighted by molar-refractivity contribution is -0.384. The van der Waals surface area contributed by atoms with E-state index in [4.69, 9.17) is 4.74 Å². The molecule has 3 aromatic carbocycles. The van der Waals surface area contributed by atoms with Crippen molar-refractivity contribution < 1.29 is 14.5 Å². The smallest absolute Gasteiger partial charge is 0.269 e. The molecule has 0 atom stereocenters. The Hall–Kier alpha value is -3.96. The van der Waals surface area contributed by atoms with Crippen molar-refractivity contribution in [1.82, 2.24) is 5.32 Å². The Balaban J connectivity index is 1.55. The number of carbonyl (C=O) groups is 1. The van der Waals surface area contributed by atoms with Gasteiger partial charge in [0.25, 0.3) is 11.6 Å². The van der Waals surface area contributed by atoms with Crippen molar-refractivity contribution in [2.45, 2.75) is 19.4 Å². The number of hydrogen-bond donors (Lipinski definition) is 1. The van der Waals surface area contributed by atoms with Gasteiger partial charge >= 0.3 is 0 Å². The zero-order chi connectivity index (χ0) is 24.3. The van der Waals surface area contributed by atoms with Crippen LogP contribution in [0.1, 0.15) is 23.1 Å². The highest BCUT2D eigenvalue weighted by Gasteiger charge is 2.10. The van der Waals surface area contributed by atoms with Crippen molar-refractivity contribution >= 4 is 33.6 Å².